The van der Waals surface area contributed by atoms with E-state index in [0.717, 1.165) is 0 Å². The average molecular weight is 155 g/mol. The van der Waals surface area contributed by atoms with Crippen LogP contribution >= 0.6 is 0 Å². The van der Waals surface area contributed by atoms with Gasteiger partial charge in [0.25, 0.3) is 0 Å². The molecule has 4 heteroatoms. The van der Waals surface area contributed by atoms with Gasteiger partial charge in [0.2, 0.25) is 0 Å². The van der Waals surface area contributed by atoms with E-state index in [1.807, 2.05) is 0 Å². The Hall–Kier alpha value is 0.434. The van der Waals surface area contributed by atoms with E-state index >= 15 is 0 Å². The molecule has 0 saturated heterocycles. The standard InChI is InChI=1S/C4H10O.H2O.O.Ti/c1-4(2,3)5;;;/h5H,1-3H3;1H2;;/q;;;+1/p-1. The first-order valence-electron chi connectivity index (χ1n) is 2.15. The van der Waals surface area contributed by atoms with Crippen molar-refractivity contribution in [2.45, 2.75) is 26.4 Å². The Morgan fingerprint density at radius 3 is 1.38 bits per heavy atom. The van der Waals surface area contributed by atoms with Crippen LogP contribution in [0, 0.1) is 0 Å². The van der Waals surface area contributed by atoms with Crippen LogP contribution in [0.3, 0.4) is 0 Å². The zero-order valence-electron chi connectivity index (χ0n) is 5.30. The van der Waals surface area contributed by atoms with Crippen LogP contribution in [0.15, 0.2) is 0 Å². The number of rotatable bonds is 0. The second-order valence-electron chi connectivity index (χ2n) is 2.26. The van der Waals surface area contributed by atoms with Gasteiger partial charge in [0, 0.05) is 0 Å². The van der Waals surface area contributed by atoms with Crippen molar-refractivity contribution in [2.75, 3.05) is 0 Å². The molecule has 0 saturated carbocycles. The molecule has 0 unspecified atom stereocenters. The van der Waals surface area contributed by atoms with Crippen molar-refractivity contribution in [1.82, 2.24) is 0 Å². The zero-order valence-corrected chi connectivity index (χ0v) is 6.86. The first-order valence-corrected chi connectivity index (χ1v) is 3.49. The van der Waals surface area contributed by atoms with E-state index in [9.17, 15) is 0 Å². The van der Waals surface area contributed by atoms with Gasteiger partial charge in [-0.1, -0.05) is 0 Å². The molecule has 0 atom stereocenters. The summed E-state index contributed by atoms with van der Waals surface area (Å²) in [5.41, 5.74) is -0.500. The van der Waals surface area contributed by atoms with Gasteiger partial charge in [0.15, 0.2) is 0 Å². The van der Waals surface area contributed by atoms with Crippen molar-refractivity contribution in [3.05, 3.63) is 0 Å². The van der Waals surface area contributed by atoms with Crippen LogP contribution in [0.5, 0.6) is 0 Å². The summed E-state index contributed by atoms with van der Waals surface area (Å²) in [5.74, 6) is 0. The summed E-state index contributed by atoms with van der Waals surface area (Å²) < 4.78 is 15.8. The molecule has 0 aliphatic heterocycles. The number of hydrogen-bond donors (Lipinski definition) is 2. The molecule has 0 aromatic carbocycles. The van der Waals surface area contributed by atoms with Crippen LogP contribution in [0.25, 0.3) is 0 Å². The minimum absolute atomic E-state index is 0.500. The predicted molar refractivity (Wildman–Crippen MR) is 24.9 cm³/mol. The van der Waals surface area contributed by atoms with Crippen LogP contribution in [0.1, 0.15) is 20.8 Å². The molecule has 0 aliphatic carbocycles. The third-order valence-electron chi connectivity index (χ3n) is 0. The van der Waals surface area contributed by atoms with Crippen molar-refractivity contribution in [1.29, 1.82) is 0 Å². The van der Waals surface area contributed by atoms with Crippen LogP contribution in [0.4, 0.5) is 0 Å². The number of hydrogen-bond acceptors (Lipinski definition) is 2. The summed E-state index contributed by atoms with van der Waals surface area (Å²) >= 11 is -1.75. The van der Waals surface area contributed by atoms with Gasteiger partial charge in [-0.25, -0.2) is 0 Å². The summed E-state index contributed by atoms with van der Waals surface area (Å²) in [6, 6.07) is 0. The molecule has 0 aromatic heterocycles. The normalized spacial score (nSPS) is 8.62. The molecule has 0 fully saturated rings. The molecule has 49 valence electrons. The van der Waals surface area contributed by atoms with E-state index in [2.05, 4.69) is 0 Å². The van der Waals surface area contributed by atoms with Crippen LogP contribution in [-0.4, -0.2) is 14.4 Å². The van der Waals surface area contributed by atoms with E-state index in [1.54, 1.807) is 20.8 Å². The second kappa shape index (κ2) is 5.57. The topological polar surface area (TPSA) is 57.5 Å². The molecular weight excluding hydrogens is 144 g/mol. The Bertz CT molecular complexity index is 50.8. The molecule has 0 aliphatic rings. The summed E-state index contributed by atoms with van der Waals surface area (Å²) in [7, 11) is 0. The van der Waals surface area contributed by atoms with E-state index in [1.165, 1.54) is 0 Å². The van der Waals surface area contributed by atoms with Crippen LogP contribution in [-0.2, 0) is 22.8 Å². The Kier molecular flexibility index (Phi) is 7.84. The fourth-order valence-corrected chi connectivity index (χ4v) is 0. The van der Waals surface area contributed by atoms with Crippen molar-refractivity contribution in [2.24, 2.45) is 0 Å². The Morgan fingerprint density at radius 1 is 1.38 bits per heavy atom. The SMILES string of the molecule is CC(C)(C)O.[O]=[Ti][OH]. The van der Waals surface area contributed by atoms with Crippen molar-refractivity contribution < 1.29 is 31.6 Å². The van der Waals surface area contributed by atoms with Crippen molar-refractivity contribution >= 4 is 0 Å². The molecule has 0 radical (unpaired) electrons. The molecule has 8 heavy (non-hydrogen) atoms. The van der Waals surface area contributed by atoms with E-state index in [0.29, 0.717) is 0 Å². The molecule has 0 spiro atoms. The molecule has 0 aromatic rings. The summed E-state index contributed by atoms with van der Waals surface area (Å²) in [5, 5.41) is 8.52. The van der Waals surface area contributed by atoms with Gasteiger partial charge in [-0.2, -0.15) is 0 Å². The molecule has 0 bridgehead atoms. The fourth-order valence-electron chi connectivity index (χ4n) is 0. The summed E-state index contributed by atoms with van der Waals surface area (Å²) in [6.45, 7) is 5.23. The summed E-state index contributed by atoms with van der Waals surface area (Å²) in [4.78, 5) is 0. The average Bonchev–Trinajstić information content (AvgIpc) is 1.27. The number of aliphatic hydroxyl groups is 1. The van der Waals surface area contributed by atoms with E-state index in [-0.39, 0.29) is 0 Å². The Morgan fingerprint density at radius 2 is 1.38 bits per heavy atom. The molecule has 0 heterocycles. The maximum atomic E-state index is 8.61. The quantitative estimate of drug-likeness (QED) is 0.487. The minimum atomic E-state index is -1.75. The van der Waals surface area contributed by atoms with Gasteiger partial charge < -0.3 is 5.11 Å². The summed E-state index contributed by atoms with van der Waals surface area (Å²) in [6.07, 6.45) is 0. The molecule has 3 nitrogen and oxygen atoms in total. The third kappa shape index (κ3) is 1010. The van der Waals surface area contributed by atoms with Gasteiger partial charge >= 0.3 is 26.5 Å². The molecule has 0 amide bonds. The van der Waals surface area contributed by atoms with Crippen LogP contribution in [0.2, 0.25) is 0 Å². The fraction of sp³-hybridized carbons (Fsp3) is 1.00. The molecule has 2 N–H and O–H groups in total. The first kappa shape index (κ1) is 11.3. The second-order valence-corrected chi connectivity index (χ2v) is 2.55. The molecule has 0 rings (SSSR count). The zero-order chi connectivity index (χ0) is 7.21. The van der Waals surface area contributed by atoms with Gasteiger partial charge in [-0.15, -0.1) is 0 Å². The first-order chi connectivity index (χ1) is 3.41. The Labute approximate surface area is 58.4 Å². The Balaban J connectivity index is 0. The van der Waals surface area contributed by atoms with Crippen molar-refractivity contribution in [3.8, 4) is 0 Å². The monoisotopic (exact) mass is 155 g/mol. The maximum absolute atomic E-state index is 8.61. The van der Waals surface area contributed by atoms with Gasteiger partial charge in [0.1, 0.15) is 0 Å². The van der Waals surface area contributed by atoms with Crippen molar-refractivity contribution in [3.63, 3.8) is 0 Å². The van der Waals surface area contributed by atoms with E-state index in [4.69, 9.17) is 12.1 Å². The van der Waals surface area contributed by atoms with Gasteiger partial charge in [0.05, 0.1) is 5.60 Å². The van der Waals surface area contributed by atoms with Gasteiger partial charge in [-0.3, -0.25) is 0 Å². The molecular formula is C4H11O3Ti. The van der Waals surface area contributed by atoms with Gasteiger partial charge in [-0.05, 0) is 20.8 Å². The van der Waals surface area contributed by atoms with E-state index < -0.39 is 25.1 Å². The third-order valence-corrected chi connectivity index (χ3v) is 0. The van der Waals surface area contributed by atoms with Crippen LogP contribution < -0.4 is 0 Å². The predicted octanol–water partition coefficient (Wildman–Crippen LogP) is 0.0989.